The SMILES string of the molecule is CC(CCn1c(=S)[nH]c2cc(Cl)cnc21)S(C)=O. The van der Waals surface area contributed by atoms with Crippen LogP contribution in [-0.4, -0.2) is 30.2 Å². The van der Waals surface area contributed by atoms with E-state index in [2.05, 4.69) is 9.97 Å². The molecule has 0 saturated carbocycles. The first kappa shape index (κ1) is 13.7. The highest BCUT2D eigenvalue weighted by Gasteiger charge is 2.10. The van der Waals surface area contributed by atoms with Crippen LogP contribution >= 0.6 is 23.8 Å². The van der Waals surface area contributed by atoms with Gasteiger partial charge in [-0.05, 0) is 24.7 Å². The number of hydrogen-bond donors (Lipinski definition) is 1. The Balaban J connectivity index is 2.31. The van der Waals surface area contributed by atoms with Gasteiger partial charge in [0.2, 0.25) is 0 Å². The van der Waals surface area contributed by atoms with Gasteiger partial charge in [0.1, 0.15) is 0 Å². The number of aromatic amines is 1. The van der Waals surface area contributed by atoms with Crippen LogP contribution in [0.5, 0.6) is 0 Å². The Morgan fingerprint density at radius 1 is 1.67 bits per heavy atom. The number of H-pyrrole nitrogens is 1. The van der Waals surface area contributed by atoms with Crippen molar-refractivity contribution in [2.45, 2.75) is 25.1 Å². The molecule has 0 spiro atoms. The van der Waals surface area contributed by atoms with Crippen molar-refractivity contribution in [1.82, 2.24) is 14.5 Å². The average Bonchev–Trinajstić information content (AvgIpc) is 2.60. The quantitative estimate of drug-likeness (QED) is 0.884. The minimum atomic E-state index is -0.815. The molecule has 0 aliphatic carbocycles. The minimum absolute atomic E-state index is 0.143. The smallest absolute Gasteiger partial charge is 0.179 e. The van der Waals surface area contributed by atoms with Crippen LogP contribution in [0.3, 0.4) is 0 Å². The summed E-state index contributed by atoms with van der Waals surface area (Å²) in [4.78, 5) is 7.36. The highest BCUT2D eigenvalue weighted by molar-refractivity contribution is 7.84. The van der Waals surface area contributed by atoms with Gasteiger partial charge < -0.3 is 9.55 Å². The van der Waals surface area contributed by atoms with Gasteiger partial charge in [0.25, 0.3) is 0 Å². The maximum absolute atomic E-state index is 11.3. The van der Waals surface area contributed by atoms with Crippen molar-refractivity contribution in [2.75, 3.05) is 6.26 Å². The summed E-state index contributed by atoms with van der Waals surface area (Å²) >= 11 is 11.1. The first-order valence-electron chi connectivity index (χ1n) is 5.55. The molecule has 4 nitrogen and oxygen atoms in total. The third kappa shape index (κ3) is 2.81. The van der Waals surface area contributed by atoms with E-state index in [1.54, 1.807) is 18.5 Å². The summed E-state index contributed by atoms with van der Waals surface area (Å²) in [5.41, 5.74) is 1.62. The van der Waals surface area contributed by atoms with Crippen LogP contribution in [0.4, 0.5) is 0 Å². The van der Waals surface area contributed by atoms with E-state index in [4.69, 9.17) is 23.8 Å². The number of pyridine rings is 1. The Morgan fingerprint density at radius 3 is 3.06 bits per heavy atom. The molecule has 0 aliphatic heterocycles. The topological polar surface area (TPSA) is 50.7 Å². The molecule has 2 heterocycles. The molecule has 0 aliphatic rings. The molecule has 7 heteroatoms. The molecule has 0 bridgehead atoms. The van der Waals surface area contributed by atoms with Gasteiger partial charge in [-0.2, -0.15) is 0 Å². The van der Waals surface area contributed by atoms with Gasteiger partial charge >= 0.3 is 0 Å². The summed E-state index contributed by atoms with van der Waals surface area (Å²) in [5.74, 6) is 0. The third-order valence-corrected chi connectivity index (χ3v) is 4.80. The fourth-order valence-electron chi connectivity index (χ4n) is 1.70. The monoisotopic (exact) mass is 303 g/mol. The summed E-state index contributed by atoms with van der Waals surface area (Å²) in [5, 5.41) is 0.720. The lowest BCUT2D eigenvalue weighted by Crippen LogP contribution is -2.13. The van der Waals surface area contributed by atoms with Gasteiger partial charge in [-0.3, -0.25) is 4.21 Å². The summed E-state index contributed by atoms with van der Waals surface area (Å²) in [6.07, 6.45) is 4.12. The molecule has 0 fully saturated rings. The zero-order chi connectivity index (χ0) is 13.3. The van der Waals surface area contributed by atoms with Crippen LogP contribution in [-0.2, 0) is 17.3 Å². The van der Waals surface area contributed by atoms with Crippen molar-refractivity contribution >= 4 is 45.8 Å². The Labute approximate surface area is 118 Å². The molecule has 2 aromatic rings. The molecular weight excluding hydrogens is 290 g/mol. The Hall–Kier alpha value is -0.720. The summed E-state index contributed by atoms with van der Waals surface area (Å²) in [7, 11) is -0.815. The van der Waals surface area contributed by atoms with Gasteiger partial charge in [0.05, 0.1) is 10.5 Å². The van der Waals surface area contributed by atoms with E-state index >= 15 is 0 Å². The first-order chi connectivity index (χ1) is 8.49. The number of halogens is 1. The number of hydrogen-bond acceptors (Lipinski definition) is 3. The Bertz CT molecular complexity index is 649. The van der Waals surface area contributed by atoms with Gasteiger partial charge in [-0.15, -0.1) is 0 Å². The van der Waals surface area contributed by atoms with Crippen molar-refractivity contribution in [1.29, 1.82) is 0 Å². The summed E-state index contributed by atoms with van der Waals surface area (Å²) < 4.78 is 13.9. The van der Waals surface area contributed by atoms with Crippen LogP contribution in [0.25, 0.3) is 11.2 Å². The maximum atomic E-state index is 11.3. The molecule has 18 heavy (non-hydrogen) atoms. The van der Waals surface area contributed by atoms with Crippen molar-refractivity contribution < 1.29 is 4.21 Å². The van der Waals surface area contributed by atoms with Gasteiger partial charge in [-0.25, -0.2) is 4.98 Å². The predicted octanol–water partition coefficient (Wildman–Crippen LogP) is 2.90. The number of rotatable bonds is 4. The minimum Gasteiger partial charge on any atom is -0.329 e. The van der Waals surface area contributed by atoms with E-state index in [0.29, 0.717) is 16.3 Å². The van der Waals surface area contributed by atoms with Gasteiger partial charge in [-0.1, -0.05) is 18.5 Å². The van der Waals surface area contributed by atoms with Crippen molar-refractivity contribution in [2.24, 2.45) is 0 Å². The lowest BCUT2D eigenvalue weighted by molar-refractivity contribution is 0.622. The van der Waals surface area contributed by atoms with E-state index in [1.165, 1.54) is 0 Å². The Morgan fingerprint density at radius 2 is 2.39 bits per heavy atom. The summed E-state index contributed by atoms with van der Waals surface area (Å²) in [6, 6.07) is 1.80. The first-order valence-corrected chi connectivity index (χ1v) is 7.96. The number of nitrogens with zero attached hydrogens (tertiary/aromatic N) is 2. The van der Waals surface area contributed by atoms with E-state index in [0.717, 1.165) is 17.6 Å². The highest BCUT2D eigenvalue weighted by atomic mass is 35.5. The molecule has 1 N–H and O–H groups in total. The molecule has 2 aromatic heterocycles. The maximum Gasteiger partial charge on any atom is 0.179 e. The second-order valence-corrected chi connectivity index (χ2v) is 6.83. The molecule has 0 aromatic carbocycles. The van der Waals surface area contributed by atoms with Crippen LogP contribution in [0.1, 0.15) is 13.3 Å². The second-order valence-electron chi connectivity index (χ2n) is 4.20. The van der Waals surface area contributed by atoms with E-state index in [-0.39, 0.29) is 5.25 Å². The zero-order valence-electron chi connectivity index (χ0n) is 10.1. The van der Waals surface area contributed by atoms with E-state index < -0.39 is 10.8 Å². The van der Waals surface area contributed by atoms with E-state index in [1.807, 2.05) is 11.5 Å². The fraction of sp³-hybridized carbons (Fsp3) is 0.455. The molecule has 2 rings (SSSR count). The Kier molecular flexibility index (Phi) is 4.19. The number of imidazole rings is 1. The molecule has 0 amide bonds. The van der Waals surface area contributed by atoms with Gasteiger partial charge in [0.15, 0.2) is 10.4 Å². The third-order valence-electron chi connectivity index (χ3n) is 2.90. The number of aromatic nitrogens is 3. The number of fused-ring (bicyclic) bond motifs is 1. The number of aryl methyl sites for hydroxylation is 1. The van der Waals surface area contributed by atoms with Crippen LogP contribution < -0.4 is 0 Å². The van der Waals surface area contributed by atoms with Gasteiger partial charge in [0, 0.05) is 35.0 Å². The molecular formula is C11H14ClN3OS2. The molecule has 98 valence electrons. The van der Waals surface area contributed by atoms with Crippen LogP contribution in [0.15, 0.2) is 12.3 Å². The number of nitrogens with one attached hydrogen (secondary N) is 1. The van der Waals surface area contributed by atoms with Crippen LogP contribution in [0.2, 0.25) is 5.02 Å². The fourth-order valence-corrected chi connectivity index (χ4v) is 2.59. The normalized spacial score (nSPS) is 14.8. The van der Waals surface area contributed by atoms with Crippen molar-refractivity contribution in [3.05, 3.63) is 22.1 Å². The van der Waals surface area contributed by atoms with Crippen LogP contribution in [0, 0.1) is 4.77 Å². The molecule has 0 radical (unpaired) electrons. The van der Waals surface area contributed by atoms with E-state index in [9.17, 15) is 4.21 Å². The highest BCUT2D eigenvalue weighted by Crippen LogP contribution is 2.17. The average molecular weight is 304 g/mol. The van der Waals surface area contributed by atoms with Crippen molar-refractivity contribution in [3.8, 4) is 0 Å². The molecule has 2 unspecified atom stereocenters. The lowest BCUT2D eigenvalue weighted by Gasteiger charge is -2.08. The summed E-state index contributed by atoms with van der Waals surface area (Å²) in [6.45, 7) is 2.67. The standard InChI is InChI=1S/C11H14ClN3OS2/c1-7(18(2)16)3-4-15-10-9(14-11(15)17)5-8(12)6-13-10/h5-7H,3-4H2,1-2H3,(H,14,17). The molecule has 0 saturated heterocycles. The predicted molar refractivity (Wildman–Crippen MR) is 78.1 cm³/mol. The largest absolute Gasteiger partial charge is 0.329 e. The lowest BCUT2D eigenvalue weighted by atomic mass is 10.3. The second kappa shape index (κ2) is 5.50. The zero-order valence-corrected chi connectivity index (χ0v) is 12.5. The molecule has 2 atom stereocenters. The van der Waals surface area contributed by atoms with Crippen molar-refractivity contribution in [3.63, 3.8) is 0 Å².